The van der Waals surface area contributed by atoms with Crippen molar-refractivity contribution >= 4 is 29.8 Å². The van der Waals surface area contributed by atoms with Gasteiger partial charge in [-0.05, 0) is 54.7 Å². The van der Waals surface area contributed by atoms with Crippen molar-refractivity contribution in [1.82, 2.24) is 4.98 Å². The Morgan fingerprint density at radius 1 is 1.05 bits per heavy atom. The van der Waals surface area contributed by atoms with Crippen LogP contribution >= 0.6 is 7.14 Å². The van der Waals surface area contributed by atoms with Crippen LogP contribution in [0.4, 0.5) is 18.9 Å². The molecule has 1 aliphatic rings. The van der Waals surface area contributed by atoms with Crippen LogP contribution in [0.3, 0.4) is 0 Å². The molecular formula is C30H32F3N2O3P. The normalized spacial score (nSPS) is 16.0. The second-order valence-electron chi connectivity index (χ2n) is 10.0. The molecule has 2 heterocycles. The van der Waals surface area contributed by atoms with Crippen molar-refractivity contribution in [2.45, 2.75) is 46.5 Å². The SMILES string of the molecule is CCP(=O)(CC)c1ccccc1-c1cc(F)c(N2CCC[C@@H](CC(=O)Cc3ncc(C)cc3F)C2=O)c(F)c1. The summed E-state index contributed by atoms with van der Waals surface area (Å²) in [5.74, 6) is -4.07. The number of nitrogens with zero attached hydrogens (tertiary/aromatic N) is 2. The molecule has 0 aliphatic carbocycles. The van der Waals surface area contributed by atoms with E-state index in [1.54, 1.807) is 31.2 Å². The Morgan fingerprint density at radius 2 is 1.72 bits per heavy atom. The van der Waals surface area contributed by atoms with Crippen LogP contribution in [-0.2, 0) is 20.6 Å². The topological polar surface area (TPSA) is 67.3 Å². The Morgan fingerprint density at radius 3 is 2.36 bits per heavy atom. The van der Waals surface area contributed by atoms with Crippen LogP contribution in [0.25, 0.3) is 11.1 Å². The van der Waals surface area contributed by atoms with Crippen molar-refractivity contribution in [2.24, 2.45) is 5.92 Å². The van der Waals surface area contributed by atoms with Gasteiger partial charge in [-0.2, -0.15) is 0 Å². The first-order chi connectivity index (χ1) is 18.6. The predicted molar refractivity (Wildman–Crippen MR) is 147 cm³/mol. The molecule has 2 aromatic carbocycles. The number of hydrogen-bond acceptors (Lipinski definition) is 4. The van der Waals surface area contributed by atoms with Gasteiger partial charge in [-0.25, -0.2) is 13.2 Å². The van der Waals surface area contributed by atoms with E-state index >= 15 is 8.78 Å². The first kappa shape index (κ1) is 28.8. The molecule has 1 fully saturated rings. The Kier molecular flexibility index (Phi) is 8.75. The van der Waals surface area contributed by atoms with Crippen LogP contribution in [0.2, 0.25) is 0 Å². The van der Waals surface area contributed by atoms with Gasteiger partial charge in [0.25, 0.3) is 0 Å². The van der Waals surface area contributed by atoms with Gasteiger partial charge in [0.05, 0.1) is 12.1 Å². The fraction of sp³-hybridized carbons (Fsp3) is 0.367. The molecule has 4 rings (SSSR count). The fourth-order valence-corrected chi connectivity index (χ4v) is 7.33. The number of pyridine rings is 1. The summed E-state index contributed by atoms with van der Waals surface area (Å²) in [4.78, 5) is 31.0. The summed E-state index contributed by atoms with van der Waals surface area (Å²) in [7, 11) is -2.74. The lowest BCUT2D eigenvalue weighted by Crippen LogP contribution is -2.43. The number of benzene rings is 2. The van der Waals surface area contributed by atoms with Crippen LogP contribution in [0.5, 0.6) is 0 Å². The number of halogens is 3. The van der Waals surface area contributed by atoms with E-state index in [1.165, 1.54) is 24.4 Å². The molecule has 0 bridgehead atoms. The standard InChI is InChI=1S/C30H32F3N2O3P/c1-4-39(38,5-2)28-11-7-6-10-23(28)21-15-25(32)29(26(33)16-21)35-12-8-9-20(30(35)37)14-22(36)17-27-24(31)13-19(3)18-34-27/h6-7,10-11,13,15-16,18,20H,4-5,8-9,12,14,17H2,1-3H3/t20-/m0/s1. The van der Waals surface area contributed by atoms with Gasteiger partial charge >= 0.3 is 0 Å². The van der Waals surface area contributed by atoms with Crippen molar-refractivity contribution in [3.8, 4) is 11.1 Å². The Hall–Kier alpha value is -3.25. The summed E-state index contributed by atoms with van der Waals surface area (Å²) in [6.45, 7) is 5.47. The number of anilines is 1. The molecule has 0 radical (unpaired) electrons. The molecule has 1 atom stereocenters. The van der Waals surface area contributed by atoms with Gasteiger partial charge in [-0.1, -0.05) is 38.1 Å². The number of hydrogen-bond donors (Lipinski definition) is 0. The van der Waals surface area contributed by atoms with E-state index in [2.05, 4.69) is 4.98 Å². The number of carbonyl (C=O) groups is 2. The Balaban J connectivity index is 1.58. The third kappa shape index (κ3) is 6.01. The number of aryl methyl sites for hydroxylation is 1. The van der Waals surface area contributed by atoms with E-state index in [4.69, 9.17) is 0 Å². The van der Waals surface area contributed by atoms with Crippen LogP contribution in [0.1, 0.15) is 44.4 Å². The zero-order valence-corrected chi connectivity index (χ0v) is 23.2. The van der Waals surface area contributed by atoms with Gasteiger partial charge in [-0.15, -0.1) is 0 Å². The number of amides is 1. The van der Waals surface area contributed by atoms with Gasteiger partial charge in [0, 0.05) is 42.7 Å². The maximum Gasteiger partial charge on any atom is 0.230 e. The van der Waals surface area contributed by atoms with E-state index < -0.39 is 42.1 Å². The maximum atomic E-state index is 15.5. The lowest BCUT2D eigenvalue weighted by atomic mass is 9.90. The molecule has 9 heteroatoms. The van der Waals surface area contributed by atoms with Crippen LogP contribution in [-0.4, -0.2) is 35.5 Å². The van der Waals surface area contributed by atoms with Gasteiger partial charge in [-0.3, -0.25) is 14.6 Å². The third-order valence-corrected chi connectivity index (χ3v) is 10.7. The van der Waals surface area contributed by atoms with Crippen LogP contribution < -0.4 is 10.2 Å². The number of Topliss-reactive ketones (excluding diaryl/α,β-unsaturated/α-hetero) is 1. The zero-order chi connectivity index (χ0) is 28.3. The molecule has 0 spiro atoms. The average molecular weight is 557 g/mol. The minimum atomic E-state index is -2.74. The molecule has 5 nitrogen and oxygen atoms in total. The van der Waals surface area contributed by atoms with Crippen LogP contribution in [0.15, 0.2) is 48.7 Å². The molecule has 1 saturated heterocycles. The van der Waals surface area contributed by atoms with E-state index in [-0.39, 0.29) is 36.4 Å². The van der Waals surface area contributed by atoms with E-state index in [0.717, 1.165) is 4.90 Å². The molecule has 1 amide bonds. The van der Waals surface area contributed by atoms with Gasteiger partial charge in [0.1, 0.15) is 24.4 Å². The summed E-state index contributed by atoms with van der Waals surface area (Å²) < 4.78 is 58.6. The number of carbonyl (C=O) groups excluding carboxylic acids is 2. The Bertz CT molecular complexity index is 1430. The second kappa shape index (κ2) is 11.9. The highest BCUT2D eigenvalue weighted by atomic mass is 31.2. The summed E-state index contributed by atoms with van der Waals surface area (Å²) in [5.41, 5.74) is 0.924. The molecule has 1 aliphatic heterocycles. The first-order valence-corrected chi connectivity index (χ1v) is 15.3. The number of aromatic nitrogens is 1. The fourth-order valence-electron chi connectivity index (χ4n) is 5.20. The summed E-state index contributed by atoms with van der Waals surface area (Å²) in [5, 5.41) is 0.577. The van der Waals surface area contributed by atoms with Crippen molar-refractivity contribution in [3.63, 3.8) is 0 Å². The van der Waals surface area contributed by atoms with Crippen molar-refractivity contribution in [2.75, 3.05) is 23.8 Å². The maximum absolute atomic E-state index is 15.5. The highest BCUT2D eigenvalue weighted by molar-refractivity contribution is 7.71. The number of piperidine rings is 1. The first-order valence-electron chi connectivity index (χ1n) is 13.2. The molecule has 0 N–H and O–H groups in total. The molecule has 0 unspecified atom stereocenters. The minimum Gasteiger partial charge on any atom is -0.319 e. The van der Waals surface area contributed by atoms with Crippen LogP contribution in [0, 0.1) is 30.3 Å². The van der Waals surface area contributed by atoms with Gasteiger partial charge in [0.2, 0.25) is 5.91 Å². The van der Waals surface area contributed by atoms with E-state index in [0.29, 0.717) is 41.6 Å². The predicted octanol–water partition coefficient (Wildman–Crippen LogP) is 6.45. The lowest BCUT2D eigenvalue weighted by molar-refractivity contribution is -0.128. The monoisotopic (exact) mass is 556 g/mol. The third-order valence-electron chi connectivity index (χ3n) is 7.40. The zero-order valence-electron chi connectivity index (χ0n) is 22.3. The van der Waals surface area contributed by atoms with E-state index in [9.17, 15) is 18.5 Å². The molecular weight excluding hydrogens is 524 g/mol. The summed E-state index contributed by atoms with van der Waals surface area (Å²) in [6, 6.07) is 10.5. The summed E-state index contributed by atoms with van der Waals surface area (Å²) in [6.07, 6.45) is 2.76. The molecule has 3 aromatic rings. The lowest BCUT2D eigenvalue weighted by Gasteiger charge is -2.32. The number of ketones is 1. The molecule has 0 saturated carbocycles. The quantitative estimate of drug-likeness (QED) is 0.284. The molecule has 39 heavy (non-hydrogen) atoms. The van der Waals surface area contributed by atoms with Gasteiger partial charge < -0.3 is 9.46 Å². The second-order valence-corrected chi connectivity index (χ2v) is 13.5. The van der Waals surface area contributed by atoms with Crippen molar-refractivity contribution in [1.29, 1.82) is 0 Å². The van der Waals surface area contributed by atoms with Gasteiger partial charge in [0.15, 0.2) is 11.6 Å². The minimum absolute atomic E-state index is 0.00867. The van der Waals surface area contributed by atoms with Crippen molar-refractivity contribution < 1.29 is 27.3 Å². The smallest absolute Gasteiger partial charge is 0.230 e. The van der Waals surface area contributed by atoms with Crippen molar-refractivity contribution in [3.05, 3.63) is 77.4 Å². The van der Waals surface area contributed by atoms with E-state index in [1.807, 2.05) is 13.8 Å². The number of rotatable bonds is 9. The molecule has 1 aromatic heterocycles. The largest absolute Gasteiger partial charge is 0.319 e. The highest BCUT2D eigenvalue weighted by Crippen LogP contribution is 2.46. The Labute approximate surface area is 226 Å². The highest BCUT2D eigenvalue weighted by Gasteiger charge is 2.34. The average Bonchev–Trinajstić information content (AvgIpc) is 2.91. The summed E-state index contributed by atoms with van der Waals surface area (Å²) >= 11 is 0. The molecule has 206 valence electrons.